The first kappa shape index (κ1) is 58.0. The van der Waals surface area contributed by atoms with Crippen molar-refractivity contribution in [3.05, 3.63) is 165 Å². The van der Waals surface area contributed by atoms with E-state index in [1.54, 1.807) is 38.1 Å². The molecule has 4 aromatic carbocycles. The molecule has 0 radical (unpaired) electrons. The highest BCUT2D eigenvalue weighted by molar-refractivity contribution is 6.31. The first-order valence-electron chi connectivity index (χ1n) is 27.5. The van der Waals surface area contributed by atoms with Crippen LogP contribution in [0.15, 0.2) is 109 Å². The molecule has 80 heavy (non-hydrogen) atoms. The number of para-hydroxylation sites is 2. The lowest BCUT2D eigenvalue weighted by molar-refractivity contribution is -0.146. The van der Waals surface area contributed by atoms with Crippen molar-refractivity contribution in [2.45, 2.75) is 102 Å². The number of fused-ring (bicyclic) bond motifs is 6. The summed E-state index contributed by atoms with van der Waals surface area (Å²) < 4.78 is 68.2. The minimum atomic E-state index is -0.669. The number of likely N-dealkylation sites (tertiary alicyclic amines) is 2. The van der Waals surface area contributed by atoms with E-state index in [0.29, 0.717) is 99.1 Å². The Hall–Kier alpha value is -6.72. The lowest BCUT2D eigenvalue weighted by Crippen LogP contribution is -2.39. The van der Waals surface area contributed by atoms with E-state index in [0.717, 1.165) is 59.6 Å². The summed E-state index contributed by atoms with van der Waals surface area (Å²) in [5, 5.41) is 1.08. The van der Waals surface area contributed by atoms with Crippen LogP contribution >= 0.6 is 23.2 Å². The van der Waals surface area contributed by atoms with Crippen LogP contribution in [0.3, 0.4) is 0 Å². The van der Waals surface area contributed by atoms with Gasteiger partial charge in [-0.15, -0.1) is 0 Å². The first-order chi connectivity index (χ1) is 38.8. The summed E-state index contributed by atoms with van der Waals surface area (Å²) in [6.45, 7) is 6.87. The maximum absolute atomic E-state index is 14.8. The van der Waals surface area contributed by atoms with Crippen molar-refractivity contribution < 1.29 is 56.4 Å². The normalized spacial score (nSPS) is 18.9. The molecule has 0 unspecified atom stereocenters. The monoisotopic (exact) mass is 1140 g/mol. The highest BCUT2D eigenvalue weighted by Crippen LogP contribution is 2.47. The molecule has 0 saturated carbocycles. The van der Waals surface area contributed by atoms with Crippen molar-refractivity contribution in [3.63, 3.8) is 0 Å². The molecule has 424 valence electrons. The zero-order valence-electron chi connectivity index (χ0n) is 45.6. The molecule has 18 heteroatoms. The Balaban J connectivity index is 0.000000194. The molecule has 14 nitrogen and oxygen atoms in total. The summed E-state index contributed by atoms with van der Waals surface area (Å²) >= 11 is 12.8. The maximum Gasteiger partial charge on any atom is 0.306 e. The SMILES string of the molecule is CCOC(=O)CC1CCN(C(=O)CC[C@@H]2O[C@@H](c3cccc(F)c3OC)c3cc(Cl)ccc3-n3cccc32)CC1.CCOC(=O)CC1CCN(C(=O)CC[C@H]2O[C@H](c3cccc(F)c3OC)c3cc(Cl)ccc3-n3cccc32)CC1. The Bertz CT molecular complexity index is 2940. The molecule has 4 atom stereocenters. The van der Waals surface area contributed by atoms with Crippen LogP contribution in [-0.4, -0.2) is 96.3 Å². The molecule has 4 aliphatic rings. The lowest BCUT2D eigenvalue weighted by atomic mass is 9.93. The lowest BCUT2D eigenvalue weighted by Gasteiger charge is -2.32. The summed E-state index contributed by atoms with van der Waals surface area (Å²) in [6.07, 6.45) is 7.11. The van der Waals surface area contributed by atoms with Gasteiger partial charge in [-0.2, -0.15) is 0 Å². The summed E-state index contributed by atoms with van der Waals surface area (Å²) in [7, 11) is 2.88. The fourth-order valence-electron chi connectivity index (χ4n) is 11.6. The predicted octanol–water partition coefficient (Wildman–Crippen LogP) is 12.8. The van der Waals surface area contributed by atoms with Gasteiger partial charge in [0.05, 0.1) is 62.4 Å². The molecule has 10 rings (SSSR count). The number of hydrogen-bond acceptors (Lipinski definition) is 10. The molecular weight excluding hydrogens is 1070 g/mol. The molecule has 0 aliphatic carbocycles. The number of carbonyl (C=O) groups is 4. The van der Waals surface area contributed by atoms with Crippen LogP contribution in [0.5, 0.6) is 11.5 Å². The molecule has 2 amide bonds. The van der Waals surface area contributed by atoms with Crippen LogP contribution < -0.4 is 9.47 Å². The molecule has 0 spiro atoms. The number of halogens is 4. The second-order valence-electron chi connectivity index (χ2n) is 20.5. The zero-order valence-corrected chi connectivity index (χ0v) is 47.1. The molecule has 0 N–H and O–H groups in total. The summed E-state index contributed by atoms with van der Waals surface area (Å²) in [4.78, 5) is 53.9. The quantitative estimate of drug-likeness (QED) is 0.0860. The Morgan fingerprint density at radius 2 is 0.950 bits per heavy atom. The number of benzene rings is 4. The third-order valence-electron chi connectivity index (χ3n) is 15.5. The molecule has 4 aliphatic heterocycles. The van der Waals surface area contributed by atoms with Gasteiger partial charge in [0.2, 0.25) is 11.8 Å². The molecule has 0 bridgehead atoms. The van der Waals surface area contributed by atoms with Crippen LogP contribution in [0.4, 0.5) is 8.78 Å². The minimum Gasteiger partial charge on any atom is -0.493 e. The Labute approximate surface area is 475 Å². The topological polar surface area (TPSA) is 140 Å². The third kappa shape index (κ3) is 13.2. The van der Waals surface area contributed by atoms with E-state index in [4.69, 9.17) is 51.6 Å². The van der Waals surface area contributed by atoms with Gasteiger partial charge in [-0.3, -0.25) is 19.2 Å². The Morgan fingerprint density at radius 3 is 1.32 bits per heavy atom. The second kappa shape index (κ2) is 26.7. The number of aromatic nitrogens is 2. The van der Waals surface area contributed by atoms with Crippen molar-refractivity contribution in [3.8, 4) is 22.9 Å². The summed E-state index contributed by atoms with van der Waals surface area (Å²) in [5.41, 5.74) is 6.23. The molecule has 6 aromatic rings. The summed E-state index contributed by atoms with van der Waals surface area (Å²) in [6, 6.07) is 28.6. The number of esters is 2. The number of amides is 2. The number of hydrogen-bond donors (Lipinski definition) is 0. The van der Waals surface area contributed by atoms with Gasteiger partial charge in [0.25, 0.3) is 0 Å². The Kier molecular flexibility index (Phi) is 19.3. The maximum atomic E-state index is 14.8. The van der Waals surface area contributed by atoms with Crippen molar-refractivity contribution in [2.24, 2.45) is 11.8 Å². The van der Waals surface area contributed by atoms with Crippen molar-refractivity contribution in [2.75, 3.05) is 53.6 Å². The summed E-state index contributed by atoms with van der Waals surface area (Å²) in [5.74, 6) is -0.478. The third-order valence-corrected chi connectivity index (χ3v) is 16.0. The molecule has 2 fully saturated rings. The van der Waals surface area contributed by atoms with Gasteiger partial charge in [0.1, 0.15) is 12.2 Å². The largest absolute Gasteiger partial charge is 0.493 e. The van der Waals surface area contributed by atoms with Crippen LogP contribution in [0, 0.1) is 23.5 Å². The number of nitrogens with zero attached hydrogens (tertiary/aromatic N) is 4. The average Bonchev–Trinajstić information content (AvgIpc) is 4.12. The van der Waals surface area contributed by atoms with Gasteiger partial charge < -0.3 is 47.4 Å². The predicted molar refractivity (Wildman–Crippen MR) is 298 cm³/mol. The average molecular weight is 1140 g/mol. The standard InChI is InChI=1S/2C31H34ClFN2O5/c2*1-3-39-29(37)18-20-13-16-34(17-14-20)28(36)12-11-27-26-8-5-15-35(26)25-10-9-21(32)19-23(25)30(40-27)22-6-4-7-24(33)31(22)38-2/h2*4-10,15,19-20,27,30H,3,11-14,16-18H2,1-2H3/t2*27-,30-/m10/s1. The van der Waals surface area contributed by atoms with Crippen LogP contribution in [0.2, 0.25) is 10.0 Å². The molecule has 2 saturated heterocycles. The van der Waals surface area contributed by atoms with Gasteiger partial charge in [-0.1, -0.05) is 47.5 Å². The zero-order chi connectivity index (χ0) is 56.5. The smallest absolute Gasteiger partial charge is 0.306 e. The van der Waals surface area contributed by atoms with E-state index in [9.17, 15) is 28.0 Å². The van der Waals surface area contributed by atoms with E-state index in [2.05, 4.69) is 0 Å². The van der Waals surface area contributed by atoms with Gasteiger partial charge in [0.15, 0.2) is 23.1 Å². The van der Waals surface area contributed by atoms with Gasteiger partial charge in [0, 0.05) is 96.6 Å². The number of piperidine rings is 2. The van der Waals surface area contributed by atoms with Gasteiger partial charge in [-0.25, -0.2) is 8.78 Å². The van der Waals surface area contributed by atoms with Crippen LogP contribution in [0.25, 0.3) is 11.4 Å². The molecular formula is C62H68Cl2F2N4O10. The minimum absolute atomic E-state index is 0.0565. The fourth-order valence-corrected chi connectivity index (χ4v) is 12.0. The fraction of sp³-hybridized carbons (Fsp3) is 0.419. The van der Waals surface area contributed by atoms with E-state index in [1.165, 1.54) is 26.4 Å². The number of ether oxygens (including phenoxy) is 6. The second-order valence-corrected chi connectivity index (χ2v) is 21.4. The molecule has 2 aromatic heterocycles. The number of carbonyl (C=O) groups excluding carboxylic acids is 4. The van der Waals surface area contributed by atoms with E-state index < -0.39 is 36.1 Å². The van der Waals surface area contributed by atoms with Crippen LogP contribution in [-0.2, 0) is 38.1 Å². The highest BCUT2D eigenvalue weighted by atomic mass is 35.5. The van der Waals surface area contributed by atoms with Gasteiger partial charge in [-0.05, 0) is 137 Å². The number of rotatable bonds is 16. The first-order valence-corrected chi connectivity index (χ1v) is 28.3. The van der Waals surface area contributed by atoms with Crippen molar-refractivity contribution in [1.29, 1.82) is 0 Å². The number of methoxy groups -OCH3 is 2. The van der Waals surface area contributed by atoms with Crippen molar-refractivity contribution >= 4 is 47.0 Å². The van der Waals surface area contributed by atoms with Crippen molar-refractivity contribution in [1.82, 2.24) is 18.9 Å². The van der Waals surface area contributed by atoms with Crippen LogP contribution in [0.1, 0.15) is 136 Å². The van der Waals surface area contributed by atoms with Gasteiger partial charge >= 0.3 is 11.9 Å². The van der Waals surface area contributed by atoms with E-state index >= 15 is 0 Å². The van der Waals surface area contributed by atoms with E-state index in [-0.39, 0.29) is 47.1 Å². The van der Waals surface area contributed by atoms with E-state index in [1.807, 2.05) is 92.0 Å². The molecule has 6 heterocycles. The highest BCUT2D eigenvalue weighted by Gasteiger charge is 2.36. The Morgan fingerprint density at radius 1 is 0.550 bits per heavy atom.